The molecule has 2 aromatic carbocycles. The average molecular weight is 344 g/mol. The van der Waals surface area contributed by atoms with Crippen LogP contribution in [0.25, 0.3) is 0 Å². The average Bonchev–Trinajstić information content (AvgIpc) is 3.00. The van der Waals surface area contributed by atoms with E-state index in [-0.39, 0.29) is 17.0 Å². The van der Waals surface area contributed by atoms with E-state index in [1.807, 2.05) is 18.2 Å². The molecule has 4 nitrogen and oxygen atoms in total. The van der Waals surface area contributed by atoms with Crippen molar-refractivity contribution < 1.29 is 14.4 Å². The molecule has 1 aliphatic rings. The van der Waals surface area contributed by atoms with Gasteiger partial charge in [0, 0.05) is 35.0 Å². The molecule has 3 rings (SSSR count). The van der Waals surface area contributed by atoms with Gasteiger partial charge in [-0.3, -0.25) is 4.90 Å². The monoisotopic (exact) mass is 344 g/mol. The molecule has 0 unspecified atom stereocenters. The highest BCUT2D eigenvalue weighted by atomic mass is 32.1. The van der Waals surface area contributed by atoms with Gasteiger partial charge in [-0.1, -0.05) is 12.1 Å². The Balaban J connectivity index is 1.67. The van der Waals surface area contributed by atoms with E-state index in [1.54, 1.807) is 6.07 Å². The molecule has 0 bridgehead atoms. The number of phenolic OH excluding ortho intramolecular Hbond substituents is 2. The number of aromatic hydroxyl groups is 2. The molecule has 126 valence electrons. The second-order valence-electron chi connectivity index (χ2n) is 7.01. The molecule has 0 saturated carbocycles. The van der Waals surface area contributed by atoms with E-state index in [4.69, 9.17) is 0 Å². The Morgan fingerprint density at radius 1 is 1.04 bits per heavy atom. The number of fused-ring (bicyclic) bond motifs is 1. The zero-order valence-corrected chi connectivity index (χ0v) is 14.8. The Bertz CT molecular complexity index is 773. The summed E-state index contributed by atoms with van der Waals surface area (Å²) in [4.78, 5) is 3.20. The zero-order chi connectivity index (χ0) is 17.3. The van der Waals surface area contributed by atoms with Crippen LogP contribution in [0, 0.1) is 0 Å². The molecule has 0 saturated heterocycles. The standard InChI is InChI=1S/C19H21NO3S/c1-19(2,8-7-13-3-6-17(21)18(22)9-13)20-11-14-4-5-16(24-23)10-15(14)12-20/h3-6,9-10H,7-8,11-12H2,1-2H3,(H-,21,22)/p+1. The molecule has 2 aromatic rings. The summed E-state index contributed by atoms with van der Waals surface area (Å²) in [7, 11) is 0. The quantitative estimate of drug-likeness (QED) is 0.642. The normalized spacial score (nSPS) is 14.6. The smallest absolute Gasteiger partial charge is 0.504 e. The topological polar surface area (TPSA) is 60.8 Å². The summed E-state index contributed by atoms with van der Waals surface area (Å²) in [6.07, 6.45) is 1.77. The van der Waals surface area contributed by atoms with Gasteiger partial charge in [0.25, 0.3) is 4.90 Å². The minimum Gasteiger partial charge on any atom is -0.504 e. The van der Waals surface area contributed by atoms with Crippen molar-refractivity contribution in [1.29, 1.82) is 0 Å². The van der Waals surface area contributed by atoms with Crippen LogP contribution in [-0.4, -0.2) is 20.7 Å². The predicted octanol–water partition coefficient (Wildman–Crippen LogP) is 3.61. The van der Waals surface area contributed by atoms with Gasteiger partial charge in [0.05, 0.1) is 0 Å². The Hall–Kier alpha value is -1.98. The van der Waals surface area contributed by atoms with Crippen molar-refractivity contribution in [2.24, 2.45) is 0 Å². The number of benzene rings is 2. The van der Waals surface area contributed by atoms with Crippen molar-refractivity contribution in [2.45, 2.75) is 50.2 Å². The van der Waals surface area contributed by atoms with Gasteiger partial charge in [-0.2, -0.15) is 0 Å². The Labute approximate surface area is 146 Å². The molecular weight excluding hydrogens is 322 g/mol. The van der Waals surface area contributed by atoms with Crippen LogP contribution in [0.3, 0.4) is 0 Å². The second-order valence-corrected chi connectivity index (χ2v) is 7.64. The molecule has 2 N–H and O–H groups in total. The van der Waals surface area contributed by atoms with Gasteiger partial charge in [0.1, 0.15) is 0 Å². The SMILES string of the molecule is CC(C)(CCc1ccc(O)c(O)c1)N1Cc2ccc([S+]=O)cc2C1. The number of nitrogens with zero attached hydrogens (tertiary/aromatic N) is 1. The van der Waals surface area contributed by atoms with E-state index in [9.17, 15) is 14.4 Å². The number of hydrogen-bond donors (Lipinski definition) is 2. The Kier molecular flexibility index (Phi) is 4.56. The molecule has 1 heterocycles. The first-order chi connectivity index (χ1) is 11.4. The molecule has 0 amide bonds. The van der Waals surface area contributed by atoms with Crippen LogP contribution in [-0.2, 0) is 35.4 Å². The van der Waals surface area contributed by atoms with Crippen LogP contribution in [0.4, 0.5) is 0 Å². The maximum Gasteiger partial charge on any atom is 0.505 e. The molecule has 0 aromatic heterocycles. The lowest BCUT2D eigenvalue weighted by Gasteiger charge is -2.35. The highest BCUT2D eigenvalue weighted by Gasteiger charge is 2.32. The third-order valence-electron chi connectivity index (χ3n) is 4.92. The van der Waals surface area contributed by atoms with Crippen molar-refractivity contribution in [1.82, 2.24) is 4.90 Å². The fourth-order valence-electron chi connectivity index (χ4n) is 3.18. The van der Waals surface area contributed by atoms with Crippen LogP contribution < -0.4 is 0 Å². The molecule has 24 heavy (non-hydrogen) atoms. The maximum atomic E-state index is 11.0. The summed E-state index contributed by atoms with van der Waals surface area (Å²) in [5.74, 6) is -0.151. The number of aryl methyl sites for hydroxylation is 1. The largest absolute Gasteiger partial charge is 0.505 e. The molecule has 0 fully saturated rings. The molecular formula is C19H22NO3S+. The van der Waals surface area contributed by atoms with Crippen LogP contribution >= 0.6 is 0 Å². The van der Waals surface area contributed by atoms with E-state index in [0.717, 1.165) is 36.4 Å². The van der Waals surface area contributed by atoms with Gasteiger partial charge in [-0.15, -0.1) is 0 Å². The summed E-state index contributed by atoms with van der Waals surface area (Å²) >= 11 is 0.541. The molecule has 1 aliphatic heterocycles. The molecule has 5 heteroatoms. The number of phenols is 2. The van der Waals surface area contributed by atoms with E-state index in [1.165, 1.54) is 17.2 Å². The van der Waals surface area contributed by atoms with Crippen molar-refractivity contribution >= 4 is 11.7 Å². The van der Waals surface area contributed by atoms with E-state index in [0.29, 0.717) is 11.7 Å². The predicted molar refractivity (Wildman–Crippen MR) is 94.2 cm³/mol. The van der Waals surface area contributed by atoms with Gasteiger partial charge in [-0.25, -0.2) is 0 Å². The first-order valence-corrected chi connectivity index (χ1v) is 8.81. The van der Waals surface area contributed by atoms with Gasteiger partial charge in [0.15, 0.2) is 11.5 Å². The molecule has 0 atom stereocenters. The second kappa shape index (κ2) is 6.49. The van der Waals surface area contributed by atoms with E-state index >= 15 is 0 Å². The lowest BCUT2D eigenvalue weighted by atomic mass is 9.93. The summed E-state index contributed by atoms with van der Waals surface area (Å²) in [5.41, 5.74) is 3.55. The van der Waals surface area contributed by atoms with E-state index < -0.39 is 0 Å². The van der Waals surface area contributed by atoms with Crippen molar-refractivity contribution in [3.63, 3.8) is 0 Å². The van der Waals surface area contributed by atoms with Crippen LogP contribution in [0.5, 0.6) is 11.5 Å². The minimum atomic E-state index is -0.0833. The fraction of sp³-hybridized carbons (Fsp3) is 0.368. The Morgan fingerprint density at radius 3 is 2.50 bits per heavy atom. The van der Waals surface area contributed by atoms with Gasteiger partial charge in [0.2, 0.25) is 0 Å². The summed E-state index contributed by atoms with van der Waals surface area (Å²) < 4.78 is 11.0. The number of rotatable bonds is 5. The first-order valence-electron chi connectivity index (χ1n) is 8.06. The molecule has 0 spiro atoms. The van der Waals surface area contributed by atoms with Gasteiger partial charge >= 0.3 is 11.7 Å². The first kappa shape index (κ1) is 16.9. The van der Waals surface area contributed by atoms with Crippen molar-refractivity contribution in [2.75, 3.05) is 0 Å². The highest BCUT2D eigenvalue weighted by molar-refractivity contribution is 7.65. The van der Waals surface area contributed by atoms with Crippen molar-refractivity contribution in [3.05, 3.63) is 53.1 Å². The zero-order valence-electron chi connectivity index (χ0n) is 14.0. The Morgan fingerprint density at radius 2 is 1.79 bits per heavy atom. The van der Waals surface area contributed by atoms with E-state index in [2.05, 4.69) is 24.8 Å². The number of hydrogen-bond acceptors (Lipinski definition) is 4. The maximum absolute atomic E-state index is 11.0. The summed E-state index contributed by atoms with van der Waals surface area (Å²) in [6, 6.07) is 11.0. The third kappa shape index (κ3) is 3.42. The third-order valence-corrected chi connectivity index (χ3v) is 5.36. The van der Waals surface area contributed by atoms with Gasteiger partial charge < -0.3 is 10.2 Å². The van der Waals surface area contributed by atoms with Crippen LogP contribution in [0.2, 0.25) is 0 Å². The molecule has 0 radical (unpaired) electrons. The van der Waals surface area contributed by atoms with Crippen LogP contribution in [0.15, 0.2) is 41.3 Å². The summed E-state index contributed by atoms with van der Waals surface area (Å²) in [5, 5.41) is 19.0. The molecule has 0 aliphatic carbocycles. The van der Waals surface area contributed by atoms with Gasteiger partial charge in [-0.05, 0) is 55.5 Å². The minimum absolute atomic E-state index is 0.00268. The summed E-state index contributed by atoms with van der Waals surface area (Å²) in [6.45, 7) is 6.20. The lowest BCUT2D eigenvalue weighted by molar-refractivity contribution is 0.109. The van der Waals surface area contributed by atoms with Crippen molar-refractivity contribution in [3.8, 4) is 11.5 Å². The fourth-order valence-corrected chi connectivity index (χ4v) is 3.50. The highest BCUT2D eigenvalue weighted by Crippen LogP contribution is 2.33. The van der Waals surface area contributed by atoms with Crippen LogP contribution in [0.1, 0.15) is 37.0 Å². The lowest BCUT2D eigenvalue weighted by Crippen LogP contribution is -2.40.